The number of aliphatic carboxylic acids is 1. The number of fused-ring (bicyclic) bond motifs is 2. The Morgan fingerprint density at radius 2 is 1.82 bits per heavy atom. The molecule has 10 atom stereocenters. The SMILES string of the molecule is C[C@H](CCC[C@]1(C)[C@H]2CC[C@]1(C)[C@H](O)C2)CO[C@@H]1O[C@H](COC(=O)CC(=O)O)[C@@H](O)[C@H](O)[C@H]1O. The summed E-state index contributed by atoms with van der Waals surface area (Å²) >= 11 is 0. The lowest BCUT2D eigenvalue weighted by atomic mass is 9.66. The number of hydrogen-bond donors (Lipinski definition) is 5. The van der Waals surface area contributed by atoms with Gasteiger partial charge in [0.25, 0.3) is 0 Å². The van der Waals surface area contributed by atoms with Gasteiger partial charge in [0.15, 0.2) is 6.29 Å². The molecule has 0 unspecified atom stereocenters. The molecule has 196 valence electrons. The first-order chi connectivity index (χ1) is 15.9. The van der Waals surface area contributed by atoms with Crippen LogP contribution >= 0.6 is 0 Å². The number of hydrogen-bond acceptors (Lipinski definition) is 9. The van der Waals surface area contributed by atoms with Crippen molar-refractivity contribution >= 4 is 11.9 Å². The van der Waals surface area contributed by atoms with Crippen LogP contribution in [0.5, 0.6) is 0 Å². The lowest BCUT2D eigenvalue weighted by molar-refractivity contribution is -0.303. The van der Waals surface area contributed by atoms with Crippen molar-refractivity contribution in [2.75, 3.05) is 13.2 Å². The van der Waals surface area contributed by atoms with Crippen LogP contribution in [0, 0.1) is 22.7 Å². The Morgan fingerprint density at radius 3 is 2.41 bits per heavy atom. The summed E-state index contributed by atoms with van der Waals surface area (Å²) in [5.74, 6) is -1.63. The fourth-order valence-electron chi connectivity index (χ4n) is 6.19. The van der Waals surface area contributed by atoms with E-state index in [1.807, 2.05) is 6.92 Å². The molecular formula is C24H40O10. The van der Waals surface area contributed by atoms with Gasteiger partial charge in [0, 0.05) is 0 Å². The summed E-state index contributed by atoms with van der Waals surface area (Å²) in [5, 5.41) is 49.6. The minimum absolute atomic E-state index is 0.0165. The van der Waals surface area contributed by atoms with Crippen LogP contribution in [-0.4, -0.2) is 87.5 Å². The number of carboxylic acids is 1. The van der Waals surface area contributed by atoms with Crippen LogP contribution in [0.25, 0.3) is 0 Å². The number of aliphatic hydroxyl groups is 4. The van der Waals surface area contributed by atoms with Gasteiger partial charge in [-0.15, -0.1) is 0 Å². The van der Waals surface area contributed by atoms with Crippen LogP contribution in [0.1, 0.15) is 65.7 Å². The molecule has 0 radical (unpaired) electrons. The second-order valence-electron chi connectivity index (χ2n) is 10.9. The molecule has 0 spiro atoms. The molecular weight excluding hydrogens is 448 g/mol. The molecule has 2 aliphatic carbocycles. The van der Waals surface area contributed by atoms with Crippen molar-refractivity contribution < 1.29 is 49.3 Å². The number of carboxylic acid groups (broad SMARTS) is 1. The van der Waals surface area contributed by atoms with E-state index in [9.17, 15) is 30.0 Å². The van der Waals surface area contributed by atoms with Crippen LogP contribution in [0.2, 0.25) is 0 Å². The van der Waals surface area contributed by atoms with E-state index in [4.69, 9.17) is 19.3 Å². The fourth-order valence-corrected chi connectivity index (χ4v) is 6.19. The van der Waals surface area contributed by atoms with Crippen molar-refractivity contribution in [3.8, 4) is 0 Å². The van der Waals surface area contributed by atoms with E-state index in [-0.39, 0.29) is 29.5 Å². The third kappa shape index (κ3) is 5.42. The average Bonchev–Trinajstić information content (AvgIpc) is 3.11. The van der Waals surface area contributed by atoms with Gasteiger partial charge in [-0.05, 0) is 54.8 Å². The number of ether oxygens (including phenoxy) is 3. The van der Waals surface area contributed by atoms with Crippen molar-refractivity contribution in [1.29, 1.82) is 0 Å². The molecule has 5 N–H and O–H groups in total. The van der Waals surface area contributed by atoms with Gasteiger partial charge in [-0.25, -0.2) is 0 Å². The Hall–Kier alpha value is -1.30. The van der Waals surface area contributed by atoms with Crippen LogP contribution in [0.4, 0.5) is 0 Å². The molecule has 0 aromatic heterocycles. The van der Waals surface area contributed by atoms with Gasteiger partial charge in [-0.3, -0.25) is 9.59 Å². The Balaban J connectivity index is 1.44. The first-order valence-corrected chi connectivity index (χ1v) is 12.3. The van der Waals surface area contributed by atoms with Crippen molar-refractivity contribution in [2.45, 2.75) is 103 Å². The highest BCUT2D eigenvalue weighted by Gasteiger charge is 2.62. The number of carbonyl (C=O) groups excluding carboxylic acids is 1. The zero-order valence-electron chi connectivity index (χ0n) is 20.3. The summed E-state index contributed by atoms with van der Waals surface area (Å²) in [6.07, 6.45) is -1.96. The second-order valence-corrected chi connectivity index (χ2v) is 10.9. The molecule has 3 rings (SSSR count). The normalized spacial score (nSPS) is 42.5. The smallest absolute Gasteiger partial charge is 0.317 e. The zero-order valence-corrected chi connectivity index (χ0v) is 20.3. The van der Waals surface area contributed by atoms with Gasteiger partial charge in [0.1, 0.15) is 37.4 Å². The van der Waals surface area contributed by atoms with Gasteiger partial charge in [0.05, 0.1) is 12.7 Å². The molecule has 0 aromatic carbocycles. The molecule has 2 bridgehead atoms. The van der Waals surface area contributed by atoms with Crippen LogP contribution in [-0.2, 0) is 23.8 Å². The number of aliphatic hydroxyl groups excluding tert-OH is 4. The molecule has 1 heterocycles. The summed E-state index contributed by atoms with van der Waals surface area (Å²) in [6, 6.07) is 0. The van der Waals surface area contributed by atoms with E-state index >= 15 is 0 Å². The molecule has 0 amide bonds. The Morgan fingerprint density at radius 1 is 1.12 bits per heavy atom. The van der Waals surface area contributed by atoms with E-state index in [1.54, 1.807) is 0 Å². The monoisotopic (exact) mass is 488 g/mol. The number of rotatable bonds is 11. The van der Waals surface area contributed by atoms with Crippen molar-refractivity contribution in [3.05, 3.63) is 0 Å². The largest absolute Gasteiger partial charge is 0.481 e. The molecule has 34 heavy (non-hydrogen) atoms. The molecule has 10 nitrogen and oxygen atoms in total. The van der Waals surface area contributed by atoms with E-state index in [2.05, 4.69) is 13.8 Å². The van der Waals surface area contributed by atoms with Crippen LogP contribution in [0.15, 0.2) is 0 Å². The van der Waals surface area contributed by atoms with Crippen molar-refractivity contribution in [1.82, 2.24) is 0 Å². The highest BCUT2D eigenvalue weighted by molar-refractivity contribution is 5.90. The first kappa shape index (κ1) is 27.3. The average molecular weight is 489 g/mol. The lowest BCUT2D eigenvalue weighted by Crippen LogP contribution is -2.59. The van der Waals surface area contributed by atoms with Gasteiger partial charge < -0.3 is 39.7 Å². The molecule has 3 aliphatic rings. The summed E-state index contributed by atoms with van der Waals surface area (Å²) in [5.41, 5.74) is 0.124. The van der Waals surface area contributed by atoms with E-state index in [1.165, 1.54) is 6.42 Å². The van der Waals surface area contributed by atoms with Crippen molar-refractivity contribution in [2.24, 2.45) is 22.7 Å². The predicted octanol–water partition coefficient (Wildman–Crippen LogP) is 0.822. The third-order valence-electron chi connectivity index (χ3n) is 8.77. The van der Waals surface area contributed by atoms with Gasteiger partial charge in [0.2, 0.25) is 0 Å². The van der Waals surface area contributed by atoms with Crippen molar-refractivity contribution in [3.63, 3.8) is 0 Å². The number of esters is 1. The highest BCUT2D eigenvalue weighted by Crippen LogP contribution is 2.67. The predicted molar refractivity (Wildman–Crippen MR) is 118 cm³/mol. The first-order valence-electron chi connectivity index (χ1n) is 12.3. The summed E-state index contributed by atoms with van der Waals surface area (Å²) in [7, 11) is 0. The summed E-state index contributed by atoms with van der Waals surface area (Å²) in [4.78, 5) is 22.0. The maximum Gasteiger partial charge on any atom is 0.317 e. The van der Waals surface area contributed by atoms with E-state index in [0.29, 0.717) is 5.92 Å². The molecule has 1 aliphatic heterocycles. The van der Waals surface area contributed by atoms with E-state index < -0.39 is 55.7 Å². The summed E-state index contributed by atoms with van der Waals surface area (Å²) in [6.45, 7) is 6.33. The summed E-state index contributed by atoms with van der Waals surface area (Å²) < 4.78 is 16.0. The fraction of sp³-hybridized carbons (Fsp3) is 0.917. The zero-order chi connectivity index (χ0) is 25.3. The second kappa shape index (κ2) is 10.8. The quantitative estimate of drug-likeness (QED) is 0.208. The number of carbonyl (C=O) groups is 2. The Kier molecular flexibility index (Phi) is 8.63. The lowest BCUT2D eigenvalue weighted by Gasteiger charge is -2.40. The van der Waals surface area contributed by atoms with Gasteiger partial charge in [-0.2, -0.15) is 0 Å². The molecule has 0 aromatic rings. The maximum atomic E-state index is 11.4. The Labute approximate surface area is 200 Å². The van der Waals surface area contributed by atoms with Crippen LogP contribution in [0.3, 0.4) is 0 Å². The minimum Gasteiger partial charge on any atom is -0.481 e. The Bertz CT molecular complexity index is 731. The van der Waals surface area contributed by atoms with E-state index in [0.717, 1.165) is 32.1 Å². The third-order valence-corrected chi connectivity index (χ3v) is 8.77. The topological polar surface area (TPSA) is 163 Å². The minimum atomic E-state index is -1.57. The van der Waals surface area contributed by atoms with Gasteiger partial charge >= 0.3 is 11.9 Å². The van der Waals surface area contributed by atoms with Crippen LogP contribution < -0.4 is 0 Å². The molecule has 3 fully saturated rings. The standard InChI is InChI=1S/C24H40O10/c1-13(5-4-7-23(2)14-6-8-24(23,3)16(25)9-14)11-33-22-21(31)20(30)19(29)15(34-22)12-32-18(28)10-17(26)27/h13-16,19-22,25,29-31H,4-12H2,1-3H3,(H,26,27)/t13-,14+,15-,16-,19-,20+,21-,22-,23-,24-/m1/s1. The molecule has 1 saturated heterocycles. The highest BCUT2D eigenvalue weighted by atomic mass is 16.7. The maximum absolute atomic E-state index is 11.4. The molecule has 10 heteroatoms. The van der Waals surface area contributed by atoms with Gasteiger partial charge in [-0.1, -0.05) is 27.2 Å². The molecule has 2 saturated carbocycles.